The molecule has 1 aromatic carbocycles. The molecule has 0 saturated carbocycles. The molecule has 0 spiro atoms. The number of nitrogens with one attached hydrogen (secondary N) is 3. The number of hydrogen-bond donors (Lipinski definition) is 3. The van der Waals surface area contributed by atoms with Crippen molar-refractivity contribution in [3.8, 4) is 11.3 Å². The van der Waals surface area contributed by atoms with Crippen LogP contribution in [0.2, 0.25) is 0 Å². The summed E-state index contributed by atoms with van der Waals surface area (Å²) in [6.07, 6.45) is 8.27. The van der Waals surface area contributed by atoms with Crippen LogP contribution in [0, 0.1) is 0 Å². The molecule has 3 N–H and O–H groups in total. The van der Waals surface area contributed by atoms with E-state index in [-0.39, 0.29) is 17.8 Å². The van der Waals surface area contributed by atoms with E-state index in [2.05, 4.69) is 40.4 Å². The Kier molecular flexibility index (Phi) is 3.98. The van der Waals surface area contributed by atoms with Crippen LogP contribution in [-0.4, -0.2) is 41.0 Å². The van der Waals surface area contributed by atoms with Gasteiger partial charge in [0.1, 0.15) is 0 Å². The molecule has 5 aromatic rings. The van der Waals surface area contributed by atoms with Crippen molar-refractivity contribution in [1.29, 1.82) is 0 Å². The van der Waals surface area contributed by atoms with Crippen LogP contribution in [0.3, 0.4) is 0 Å². The zero-order valence-electron chi connectivity index (χ0n) is 15.4. The summed E-state index contributed by atoms with van der Waals surface area (Å²) in [5, 5.41) is 10.1. The first-order valence-corrected chi connectivity index (χ1v) is 9.04. The molecule has 1 amide bonds. The van der Waals surface area contributed by atoms with Gasteiger partial charge in [0.05, 0.1) is 40.2 Å². The highest BCUT2D eigenvalue weighted by atomic mass is 16.2. The molecule has 4 aromatic heterocycles. The van der Waals surface area contributed by atoms with Crippen molar-refractivity contribution in [3.63, 3.8) is 0 Å². The van der Waals surface area contributed by atoms with Crippen LogP contribution in [0.25, 0.3) is 33.2 Å². The molecule has 0 aliphatic rings. The number of carbonyl (C=O) groups excluding carboxylic acids is 1. The van der Waals surface area contributed by atoms with Crippen molar-refractivity contribution in [3.05, 3.63) is 66.8 Å². The second kappa shape index (κ2) is 6.79. The Morgan fingerprint density at radius 3 is 2.55 bits per heavy atom. The summed E-state index contributed by atoms with van der Waals surface area (Å²) < 4.78 is 0. The molecule has 9 nitrogen and oxygen atoms in total. The molecular formula is C20H16N8O. The molecule has 4 heterocycles. The zero-order valence-corrected chi connectivity index (χ0v) is 15.4. The molecule has 0 aliphatic heterocycles. The number of H-pyrrole nitrogens is 2. The van der Waals surface area contributed by atoms with Gasteiger partial charge in [-0.1, -0.05) is 0 Å². The van der Waals surface area contributed by atoms with Gasteiger partial charge in [0.25, 0.3) is 5.91 Å². The average Bonchev–Trinajstić information content (AvgIpc) is 3.36. The molecule has 1 unspecified atom stereocenters. The SMILES string of the molecule is CC(NC(=O)c1nc2cc3[nH][nH]c(-c4ccncc4)c3cc2n1)c1cnccn1. The van der Waals surface area contributed by atoms with E-state index in [1.54, 1.807) is 31.0 Å². The average molecular weight is 384 g/mol. The maximum atomic E-state index is 12.6. The second-order valence-electron chi connectivity index (χ2n) is 6.62. The van der Waals surface area contributed by atoms with Gasteiger partial charge in [-0.05, 0) is 31.2 Å². The third-order valence-electron chi connectivity index (χ3n) is 4.71. The highest BCUT2D eigenvalue weighted by Crippen LogP contribution is 2.28. The van der Waals surface area contributed by atoms with Gasteiger partial charge < -0.3 is 10.4 Å². The molecule has 5 rings (SSSR count). The molecule has 9 heteroatoms. The molecule has 142 valence electrons. The quantitative estimate of drug-likeness (QED) is 0.437. The molecular weight excluding hydrogens is 368 g/mol. The Morgan fingerprint density at radius 2 is 1.79 bits per heavy atom. The maximum absolute atomic E-state index is 12.6. The van der Waals surface area contributed by atoms with Crippen LogP contribution in [0.15, 0.2) is 55.2 Å². The number of nitrogens with zero attached hydrogens (tertiary/aromatic N) is 5. The Bertz CT molecular complexity index is 1310. The van der Waals surface area contributed by atoms with Crippen LogP contribution >= 0.6 is 0 Å². The van der Waals surface area contributed by atoms with Gasteiger partial charge in [0, 0.05) is 35.7 Å². The lowest BCUT2D eigenvalue weighted by Gasteiger charge is -2.11. The normalized spacial score (nSPS) is 12.3. The molecule has 0 radical (unpaired) electrons. The van der Waals surface area contributed by atoms with Crippen molar-refractivity contribution in [2.75, 3.05) is 0 Å². The lowest BCUT2D eigenvalue weighted by molar-refractivity contribution is 0.0930. The van der Waals surface area contributed by atoms with E-state index in [0.29, 0.717) is 16.7 Å². The number of benzene rings is 1. The second-order valence-corrected chi connectivity index (χ2v) is 6.62. The van der Waals surface area contributed by atoms with Gasteiger partial charge in [-0.2, -0.15) is 0 Å². The van der Waals surface area contributed by atoms with E-state index in [1.807, 2.05) is 31.2 Å². The van der Waals surface area contributed by atoms with Crippen LogP contribution in [-0.2, 0) is 0 Å². The van der Waals surface area contributed by atoms with E-state index in [0.717, 1.165) is 22.2 Å². The number of carbonyl (C=O) groups is 1. The van der Waals surface area contributed by atoms with E-state index < -0.39 is 0 Å². The first-order valence-electron chi connectivity index (χ1n) is 9.04. The van der Waals surface area contributed by atoms with Gasteiger partial charge >= 0.3 is 0 Å². The maximum Gasteiger partial charge on any atom is 0.289 e. The standard InChI is InChI=1S/C20H16N8O/c1-11(17-10-22-6-7-23-17)24-20(29)19-25-15-8-13-14(9-16(15)26-19)27-28-18(13)12-2-4-21-5-3-12/h2-11,27-28H,1H3,(H,24,29). The van der Waals surface area contributed by atoms with Crippen LogP contribution in [0.5, 0.6) is 0 Å². The fraction of sp³-hybridized carbons (Fsp3) is 0.100. The molecule has 0 saturated heterocycles. The van der Waals surface area contributed by atoms with Crippen molar-refractivity contribution in [2.24, 2.45) is 0 Å². The summed E-state index contributed by atoms with van der Waals surface area (Å²) in [4.78, 5) is 33.7. The number of imidazole rings is 1. The number of aromatic nitrogens is 7. The van der Waals surface area contributed by atoms with Gasteiger partial charge in [-0.15, -0.1) is 0 Å². The predicted octanol–water partition coefficient (Wildman–Crippen LogP) is 2.78. The fourth-order valence-electron chi connectivity index (χ4n) is 3.23. The number of fused-ring (bicyclic) bond motifs is 2. The molecule has 0 bridgehead atoms. The van der Waals surface area contributed by atoms with Crippen LogP contribution < -0.4 is 5.32 Å². The monoisotopic (exact) mass is 384 g/mol. The number of pyridine rings is 1. The van der Waals surface area contributed by atoms with Gasteiger partial charge in [0.15, 0.2) is 0 Å². The number of rotatable bonds is 4. The van der Waals surface area contributed by atoms with E-state index >= 15 is 0 Å². The van der Waals surface area contributed by atoms with Crippen molar-refractivity contribution in [2.45, 2.75) is 13.0 Å². The van der Waals surface area contributed by atoms with Crippen LogP contribution in [0.1, 0.15) is 29.3 Å². The van der Waals surface area contributed by atoms with Crippen molar-refractivity contribution in [1.82, 2.24) is 40.4 Å². The predicted molar refractivity (Wildman–Crippen MR) is 107 cm³/mol. The molecule has 0 aliphatic carbocycles. The summed E-state index contributed by atoms with van der Waals surface area (Å²) >= 11 is 0. The summed E-state index contributed by atoms with van der Waals surface area (Å²) in [5.41, 5.74) is 4.77. The third kappa shape index (κ3) is 3.08. The number of hydrogen-bond acceptors (Lipinski definition) is 6. The molecule has 1 atom stereocenters. The third-order valence-corrected chi connectivity index (χ3v) is 4.71. The van der Waals surface area contributed by atoms with Gasteiger partial charge in [-0.25, -0.2) is 9.97 Å². The Morgan fingerprint density at radius 1 is 1.00 bits per heavy atom. The van der Waals surface area contributed by atoms with Gasteiger partial charge in [-0.3, -0.25) is 24.8 Å². The summed E-state index contributed by atoms with van der Waals surface area (Å²) in [5.74, 6) is -0.234. The minimum absolute atomic E-state index is 0.123. The summed E-state index contributed by atoms with van der Waals surface area (Å²) in [6.45, 7) is 1.84. The number of aromatic amines is 2. The Labute approximate surface area is 164 Å². The lowest BCUT2D eigenvalue weighted by atomic mass is 10.1. The highest BCUT2D eigenvalue weighted by Gasteiger charge is 2.18. The first kappa shape index (κ1) is 17.0. The Balaban J connectivity index is 1.48. The topological polar surface area (TPSA) is 125 Å². The van der Waals surface area contributed by atoms with E-state index in [4.69, 9.17) is 0 Å². The summed E-state index contributed by atoms with van der Waals surface area (Å²) in [6, 6.07) is 7.34. The first-order chi connectivity index (χ1) is 14.2. The smallest absolute Gasteiger partial charge is 0.289 e. The van der Waals surface area contributed by atoms with Crippen LogP contribution in [0.4, 0.5) is 0 Å². The lowest BCUT2D eigenvalue weighted by Crippen LogP contribution is -2.28. The van der Waals surface area contributed by atoms with E-state index in [9.17, 15) is 4.79 Å². The number of amides is 1. The fourth-order valence-corrected chi connectivity index (χ4v) is 3.23. The minimum Gasteiger partial charge on any atom is -0.341 e. The molecule has 29 heavy (non-hydrogen) atoms. The van der Waals surface area contributed by atoms with Gasteiger partial charge in [0.2, 0.25) is 5.82 Å². The zero-order chi connectivity index (χ0) is 19.8. The summed E-state index contributed by atoms with van der Waals surface area (Å²) in [7, 11) is 0. The minimum atomic E-state index is -0.357. The Hall–Kier alpha value is -4.14. The van der Waals surface area contributed by atoms with E-state index in [1.165, 1.54) is 0 Å². The van der Waals surface area contributed by atoms with Crippen molar-refractivity contribution >= 4 is 27.8 Å². The molecule has 0 fully saturated rings. The largest absolute Gasteiger partial charge is 0.341 e. The van der Waals surface area contributed by atoms with Crippen molar-refractivity contribution < 1.29 is 4.79 Å². The highest BCUT2D eigenvalue weighted by molar-refractivity contribution is 6.02.